The van der Waals surface area contributed by atoms with E-state index in [4.69, 9.17) is 5.73 Å². The van der Waals surface area contributed by atoms with Crippen molar-refractivity contribution in [2.75, 3.05) is 19.6 Å². The molecule has 1 fully saturated rings. The van der Waals surface area contributed by atoms with Gasteiger partial charge in [0.15, 0.2) is 0 Å². The van der Waals surface area contributed by atoms with Gasteiger partial charge in [-0.3, -0.25) is 4.79 Å². The van der Waals surface area contributed by atoms with Crippen LogP contribution in [0.4, 0.5) is 0 Å². The summed E-state index contributed by atoms with van der Waals surface area (Å²) in [5.41, 5.74) is 6.63. The molecular weight excluding hydrogens is 328 g/mol. The van der Waals surface area contributed by atoms with Crippen molar-refractivity contribution in [3.05, 3.63) is 40.4 Å². The molecule has 1 unspecified atom stereocenters. The fourth-order valence-corrected chi connectivity index (χ4v) is 2.52. The number of hydrogen-bond donors (Lipinski definition) is 1. The number of carbonyl (C=O) groups excluding carboxylic acids is 1. The Labute approximate surface area is 128 Å². The van der Waals surface area contributed by atoms with Crippen LogP contribution in [0.15, 0.2) is 34.8 Å². The van der Waals surface area contributed by atoms with Crippen LogP contribution in [0.3, 0.4) is 0 Å². The lowest BCUT2D eigenvalue weighted by atomic mass is 10.1. The van der Waals surface area contributed by atoms with E-state index in [2.05, 4.69) is 15.9 Å². The number of benzene rings is 1. The van der Waals surface area contributed by atoms with Crippen molar-refractivity contribution in [1.29, 1.82) is 0 Å². The fourth-order valence-electron chi connectivity index (χ4n) is 2.10. The number of nitrogens with two attached hydrogens (primary N) is 1. The monoisotopic (exact) mass is 344 g/mol. The Bertz CT molecular complexity index is 465. The minimum Gasteiger partial charge on any atom is -0.339 e. The average Bonchev–Trinajstić information content (AvgIpc) is 2.86. The Kier molecular flexibility index (Phi) is 6.55. The van der Waals surface area contributed by atoms with Crippen LogP contribution in [-0.2, 0) is 4.79 Å². The zero-order valence-electron chi connectivity index (χ0n) is 10.6. The van der Waals surface area contributed by atoms with Crippen LogP contribution < -0.4 is 5.73 Å². The summed E-state index contributed by atoms with van der Waals surface area (Å²) in [6.45, 7) is 2.27. The number of amides is 1. The average molecular weight is 346 g/mol. The summed E-state index contributed by atoms with van der Waals surface area (Å²) in [6.07, 6.45) is 4.51. The molecule has 1 amide bonds. The summed E-state index contributed by atoms with van der Waals surface area (Å²) in [7, 11) is 0. The molecule has 104 valence electrons. The Morgan fingerprint density at radius 1 is 1.47 bits per heavy atom. The number of halogens is 2. The lowest BCUT2D eigenvalue weighted by Crippen LogP contribution is -2.28. The third kappa shape index (κ3) is 4.34. The molecule has 2 N–H and O–H groups in total. The SMILES string of the molecule is Cl.NCC1CCN(C(=O)C=Cc2ccccc2Br)C1. The van der Waals surface area contributed by atoms with Gasteiger partial charge in [-0.1, -0.05) is 34.1 Å². The molecule has 0 aliphatic carbocycles. The number of nitrogens with zero attached hydrogens (tertiary/aromatic N) is 1. The van der Waals surface area contributed by atoms with E-state index in [1.165, 1.54) is 0 Å². The normalized spacial score (nSPS) is 18.6. The van der Waals surface area contributed by atoms with E-state index < -0.39 is 0 Å². The highest BCUT2D eigenvalue weighted by molar-refractivity contribution is 9.10. The molecule has 1 aliphatic heterocycles. The zero-order chi connectivity index (χ0) is 13.0. The van der Waals surface area contributed by atoms with Gasteiger partial charge in [-0.2, -0.15) is 0 Å². The molecule has 0 bridgehead atoms. The van der Waals surface area contributed by atoms with Gasteiger partial charge in [-0.25, -0.2) is 0 Å². The second kappa shape index (κ2) is 7.68. The highest BCUT2D eigenvalue weighted by Crippen LogP contribution is 2.18. The van der Waals surface area contributed by atoms with Gasteiger partial charge < -0.3 is 10.6 Å². The summed E-state index contributed by atoms with van der Waals surface area (Å²) < 4.78 is 0.996. The van der Waals surface area contributed by atoms with Gasteiger partial charge in [-0.05, 0) is 36.6 Å². The summed E-state index contributed by atoms with van der Waals surface area (Å²) in [6, 6.07) is 7.84. The standard InChI is InChI=1S/C14H17BrN2O.ClH/c15-13-4-2-1-3-12(13)5-6-14(18)17-8-7-11(9-16)10-17;/h1-6,11H,7-10,16H2;1H. The van der Waals surface area contributed by atoms with Crippen LogP contribution in [0.1, 0.15) is 12.0 Å². The van der Waals surface area contributed by atoms with Gasteiger partial charge in [0.05, 0.1) is 0 Å². The highest BCUT2D eigenvalue weighted by atomic mass is 79.9. The molecule has 1 saturated heterocycles. The van der Waals surface area contributed by atoms with E-state index in [1.54, 1.807) is 6.08 Å². The molecule has 1 atom stereocenters. The molecule has 0 aromatic heterocycles. The minimum atomic E-state index is 0. The molecule has 3 nitrogen and oxygen atoms in total. The zero-order valence-corrected chi connectivity index (χ0v) is 13.0. The summed E-state index contributed by atoms with van der Waals surface area (Å²) >= 11 is 3.46. The maximum absolute atomic E-state index is 12.0. The Morgan fingerprint density at radius 3 is 2.84 bits per heavy atom. The van der Waals surface area contributed by atoms with Crippen molar-refractivity contribution < 1.29 is 4.79 Å². The molecule has 5 heteroatoms. The van der Waals surface area contributed by atoms with Crippen LogP contribution in [0.25, 0.3) is 6.08 Å². The van der Waals surface area contributed by atoms with Gasteiger partial charge in [0.25, 0.3) is 0 Å². The van der Waals surface area contributed by atoms with Gasteiger partial charge in [-0.15, -0.1) is 12.4 Å². The smallest absolute Gasteiger partial charge is 0.246 e. The van der Waals surface area contributed by atoms with Crippen molar-refractivity contribution in [3.8, 4) is 0 Å². The first-order valence-corrected chi connectivity index (χ1v) is 6.91. The third-order valence-electron chi connectivity index (χ3n) is 3.24. The van der Waals surface area contributed by atoms with Gasteiger partial charge >= 0.3 is 0 Å². The first kappa shape index (κ1) is 16.2. The van der Waals surface area contributed by atoms with Crippen molar-refractivity contribution in [1.82, 2.24) is 4.90 Å². The molecule has 1 heterocycles. The lowest BCUT2D eigenvalue weighted by Gasteiger charge is -2.13. The van der Waals surface area contributed by atoms with Crippen LogP contribution in [0, 0.1) is 5.92 Å². The van der Waals surface area contributed by atoms with Crippen LogP contribution in [0.2, 0.25) is 0 Å². The summed E-state index contributed by atoms with van der Waals surface area (Å²) in [5.74, 6) is 0.535. The first-order chi connectivity index (χ1) is 8.70. The van der Waals surface area contributed by atoms with E-state index in [0.29, 0.717) is 12.5 Å². The van der Waals surface area contributed by atoms with Crippen LogP contribution in [0.5, 0.6) is 0 Å². The van der Waals surface area contributed by atoms with E-state index >= 15 is 0 Å². The maximum atomic E-state index is 12.0. The Morgan fingerprint density at radius 2 is 2.21 bits per heavy atom. The number of carbonyl (C=O) groups is 1. The first-order valence-electron chi connectivity index (χ1n) is 6.12. The number of rotatable bonds is 3. The third-order valence-corrected chi connectivity index (χ3v) is 3.96. The molecule has 2 rings (SSSR count). The Balaban J connectivity index is 0.00000180. The van der Waals surface area contributed by atoms with E-state index in [9.17, 15) is 4.79 Å². The van der Waals surface area contributed by atoms with E-state index in [0.717, 1.165) is 29.5 Å². The van der Waals surface area contributed by atoms with Crippen molar-refractivity contribution in [3.63, 3.8) is 0 Å². The van der Waals surface area contributed by atoms with Crippen molar-refractivity contribution >= 4 is 40.3 Å². The summed E-state index contributed by atoms with van der Waals surface area (Å²) in [4.78, 5) is 13.8. The molecule has 0 saturated carbocycles. The number of likely N-dealkylation sites (tertiary alicyclic amines) is 1. The van der Waals surface area contributed by atoms with Crippen LogP contribution >= 0.6 is 28.3 Å². The number of hydrogen-bond acceptors (Lipinski definition) is 2. The maximum Gasteiger partial charge on any atom is 0.246 e. The quantitative estimate of drug-likeness (QED) is 0.856. The summed E-state index contributed by atoms with van der Waals surface area (Å²) in [5, 5.41) is 0. The second-order valence-corrected chi connectivity index (χ2v) is 5.38. The van der Waals surface area contributed by atoms with Gasteiger partial charge in [0, 0.05) is 23.6 Å². The minimum absolute atomic E-state index is 0. The second-order valence-electron chi connectivity index (χ2n) is 4.53. The molecule has 0 radical (unpaired) electrons. The largest absolute Gasteiger partial charge is 0.339 e. The fraction of sp³-hybridized carbons (Fsp3) is 0.357. The predicted molar refractivity (Wildman–Crippen MR) is 84.2 cm³/mol. The molecular formula is C14H18BrClN2O. The molecule has 1 aromatic rings. The molecule has 1 aliphatic rings. The molecule has 1 aromatic carbocycles. The topological polar surface area (TPSA) is 46.3 Å². The van der Waals surface area contributed by atoms with Gasteiger partial charge in [0.1, 0.15) is 0 Å². The van der Waals surface area contributed by atoms with Crippen molar-refractivity contribution in [2.24, 2.45) is 11.7 Å². The van der Waals surface area contributed by atoms with E-state index in [-0.39, 0.29) is 18.3 Å². The van der Waals surface area contributed by atoms with Gasteiger partial charge in [0.2, 0.25) is 5.91 Å². The highest BCUT2D eigenvalue weighted by Gasteiger charge is 2.23. The Hall–Kier alpha value is -0.840. The molecule has 19 heavy (non-hydrogen) atoms. The lowest BCUT2D eigenvalue weighted by molar-refractivity contribution is -0.125. The predicted octanol–water partition coefficient (Wildman–Crippen LogP) is 2.69. The van der Waals surface area contributed by atoms with E-state index in [1.807, 2.05) is 35.2 Å². The van der Waals surface area contributed by atoms with Crippen LogP contribution in [-0.4, -0.2) is 30.4 Å². The van der Waals surface area contributed by atoms with Crippen molar-refractivity contribution in [2.45, 2.75) is 6.42 Å². The molecule has 0 spiro atoms.